The first-order valence-electron chi connectivity index (χ1n) is 5.38. The Morgan fingerprint density at radius 3 is 3.11 bits per heavy atom. The third-order valence-corrected chi connectivity index (χ3v) is 2.70. The van der Waals surface area contributed by atoms with Crippen LogP contribution in [-0.2, 0) is 12.3 Å². The van der Waals surface area contributed by atoms with Gasteiger partial charge in [-0.2, -0.15) is 16.7 Å². The Balaban J connectivity index is 1.92. The molecule has 0 aliphatic rings. The molecule has 0 aliphatic carbocycles. The number of hydrogen-bond acceptors (Lipinski definition) is 6. The van der Waals surface area contributed by atoms with Crippen LogP contribution in [0.1, 0.15) is 22.1 Å². The minimum absolute atomic E-state index is 0.0940. The molecule has 0 atom stereocenters. The number of pyridine rings is 1. The zero-order valence-electron chi connectivity index (χ0n) is 10.1. The summed E-state index contributed by atoms with van der Waals surface area (Å²) in [5.74, 6) is 0.515. The maximum absolute atomic E-state index is 12.9. The van der Waals surface area contributed by atoms with Crippen molar-refractivity contribution in [2.24, 2.45) is 0 Å². The highest BCUT2D eigenvalue weighted by atomic mass is 32.2. The summed E-state index contributed by atoms with van der Waals surface area (Å²) in [5.41, 5.74) is 0.142. The van der Waals surface area contributed by atoms with Crippen molar-refractivity contribution in [3.05, 3.63) is 41.6 Å². The van der Waals surface area contributed by atoms with E-state index in [9.17, 15) is 9.18 Å². The van der Waals surface area contributed by atoms with Gasteiger partial charge in [0, 0.05) is 6.20 Å². The van der Waals surface area contributed by atoms with Crippen LogP contribution in [0.3, 0.4) is 0 Å². The maximum Gasteiger partial charge on any atom is 0.253 e. The highest BCUT2D eigenvalue weighted by molar-refractivity contribution is 7.97. The van der Waals surface area contributed by atoms with Gasteiger partial charge < -0.3 is 9.84 Å². The molecule has 0 saturated carbocycles. The van der Waals surface area contributed by atoms with Crippen LogP contribution in [0.5, 0.6) is 0 Å². The fourth-order valence-electron chi connectivity index (χ4n) is 1.34. The van der Waals surface area contributed by atoms with Gasteiger partial charge in [-0.15, -0.1) is 0 Å². The second kappa shape index (κ2) is 6.28. The van der Waals surface area contributed by atoms with E-state index in [4.69, 9.17) is 4.52 Å². The summed E-state index contributed by atoms with van der Waals surface area (Å²) < 4.78 is 17.8. The zero-order chi connectivity index (χ0) is 13.7. The molecule has 0 saturated heterocycles. The molecule has 8 heteroatoms. The molecule has 1 amide bonds. The minimum Gasteiger partial charge on any atom is -0.343 e. The van der Waals surface area contributed by atoms with Crippen LogP contribution in [0.2, 0.25) is 0 Å². The highest BCUT2D eigenvalue weighted by Gasteiger charge is 2.10. The number of nitrogens with zero attached hydrogens (tertiary/aromatic N) is 3. The van der Waals surface area contributed by atoms with Crippen molar-refractivity contribution in [1.82, 2.24) is 20.4 Å². The Morgan fingerprint density at radius 2 is 2.37 bits per heavy atom. The van der Waals surface area contributed by atoms with Crippen molar-refractivity contribution < 1.29 is 13.7 Å². The smallest absolute Gasteiger partial charge is 0.253 e. The molecular formula is C11H11FN4O2S. The summed E-state index contributed by atoms with van der Waals surface area (Å²) in [6, 6.07) is 1.11. The second-order valence-electron chi connectivity index (χ2n) is 3.61. The predicted octanol–water partition coefficient (Wildman–Crippen LogP) is 1.40. The van der Waals surface area contributed by atoms with Crippen LogP contribution < -0.4 is 5.32 Å². The number of carbonyl (C=O) groups is 1. The fraction of sp³-hybridized carbons (Fsp3) is 0.273. The molecule has 0 spiro atoms. The Hall–Kier alpha value is -1.96. The molecule has 2 aromatic rings. The Labute approximate surface area is 112 Å². The molecule has 1 N–H and O–H groups in total. The number of thioether (sulfide) groups is 1. The average molecular weight is 282 g/mol. The van der Waals surface area contributed by atoms with Gasteiger partial charge in [0.25, 0.3) is 5.91 Å². The lowest BCUT2D eigenvalue weighted by atomic mass is 10.2. The SMILES string of the molecule is CSCc1noc(CNC(=O)c2cncc(F)c2)n1. The standard InChI is InChI=1S/C11H11FN4O2S/c1-19-6-9-15-10(18-16-9)5-14-11(17)7-2-8(12)4-13-3-7/h2-4H,5-6H2,1H3,(H,14,17). The number of nitrogens with one attached hydrogen (secondary N) is 1. The van der Waals surface area contributed by atoms with Gasteiger partial charge >= 0.3 is 0 Å². The summed E-state index contributed by atoms with van der Waals surface area (Å²) in [6.07, 6.45) is 4.24. The highest BCUT2D eigenvalue weighted by Crippen LogP contribution is 2.06. The van der Waals surface area contributed by atoms with Crippen molar-refractivity contribution >= 4 is 17.7 Å². The number of hydrogen-bond donors (Lipinski definition) is 1. The van der Waals surface area contributed by atoms with Gasteiger partial charge in [0.2, 0.25) is 5.89 Å². The molecular weight excluding hydrogens is 271 g/mol. The largest absolute Gasteiger partial charge is 0.343 e. The molecule has 0 bridgehead atoms. The summed E-state index contributed by atoms with van der Waals surface area (Å²) in [4.78, 5) is 19.4. The van der Waals surface area contributed by atoms with Gasteiger partial charge in [-0.05, 0) is 12.3 Å². The lowest BCUT2D eigenvalue weighted by molar-refractivity contribution is 0.0945. The maximum atomic E-state index is 12.9. The van der Waals surface area contributed by atoms with E-state index in [-0.39, 0.29) is 12.1 Å². The van der Waals surface area contributed by atoms with E-state index >= 15 is 0 Å². The molecule has 2 rings (SSSR count). The minimum atomic E-state index is -0.562. The van der Waals surface area contributed by atoms with E-state index < -0.39 is 11.7 Å². The topological polar surface area (TPSA) is 80.9 Å². The lowest BCUT2D eigenvalue weighted by Crippen LogP contribution is -2.23. The Morgan fingerprint density at radius 1 is 1.53 bits per heavy atom. The van der Waals surface area contributed by atoms with Crippen LogP contribution in [0, 0.1) is 5.82 Å². The fourth-order valence-corrected chi connectivity index (χ4v) is 1.72. The number of carbonyl (C=O) groups excluding carboxylic acids is 1. The Bertz CT molecular complexity index is 575. The summed E-state index contributed by atoms with van der Waals surface area (Å²) in [5, 5.41) is 6.29. The van der Waals surface area contributed by atoms with E-state index in [2.05, 4.69) is 20.4 Å². The quantitative estimate of drug-likeness (QED) is 0.892. The third kappa shape index (κ3) is 3.75. The van der Waals surface area contributed by atoms with E-state index in [0.29, 0.717) is 17.5 Å². The lowest BCUT2D eigenvalue weighted by Gasteiger charge is -2.01. The van der Waals surface area contributed by atoms with Gasteiger partial charge in [0.15, 0.2) is 5.82 Å². The number of halogens is 1. The van der Waals surface area contributed by atoms with Gasteiger partial charge in [-0.1, -0.05) is 5.16 Å². The zero-order valence-corrected chi connectivity index (χ0v) is 10.9. The normalized spacial score (nSPS) is 10.4. The van der Waals surface area contributed by atoms with Crippen LogP contribution in [0.15, 0.2) is 23.0 Å². The monoisotopic (exact) mass is 282 g/mol. The van der Waals surface area contributed by atoms with Gasteiger partial charge in [0.05, 0.1) is 24.1 Å². The molecule has 0 fully saturated rings. The van der Waals surface area contributed by atoms with Gasteiger partial charge in [0.1, 0.15) is 5.82 Å². The van der Waals surface area contributed by atoms with Gasteiger partial charge in [-0.25, -0.2) is 4.39 Å². The van der Waals surface area contributed by atoms with Crippen molar-refractivity contribution in [2.45, 2.75) is 12.3 Å². The molecule has 2 heterocycles. The first-order chi connectivity index (χ1) is 9.19. The van der Waals surface area contributed by atoms with E-state index in [1.54, 1.807) is 11.8 Å². The summed E-state index contributed by atoms with van der Waals surface area (Å²) >= 11 is 1.57. The molecule has 0 unspecified atom stereocenters. The van der Waals surface area contributed by atoms with Crippen LogP contribution in [0.4, 0.5) is 4.39 Å². The molecule has 100 valence electrons. The van der Waals surface area contributed by atoms with Crippen LogP contribution in [-0.4, -0.2) is 27.3 Å². The molecule has 0 radical (unpaired) electrons. The van der Waals surface area contributed by atoms with Crippen LogP contribution in [0.25, 0.3) is 0 Å². The predicted molar refractivity (Wildman–Crippen MR) is 66.9 cm³/mol. The first kappa shape index (κ1) is 13.5. The third-order valence-electron chi connectivity index (χ3n) is 2.15. The summed E-state index contributed by atoms with van der Waals surface area (Å²) in [7, 11) is 0. The second-order valence-corrected chi connectivity index (χ2v) is 4.48. The van der Waals surface area contributed by atoms with Crippen LogP contribution >= 0.6 is 11.8 Å². The first-order valence-corrected chi connectivity index (χ1v) is 6.77. The molecule has 0 aliphatic heterocycles. The Kier molecular flexibility index (Phi) is 4.45. The summed E-state index contributed by atoms with van der Waals surface area (Å²) in [6.45, 7) is 0.0940. The van der Waals surface area contributed by atoms with E-state index in [0.717, 1.165) is 12.3 Å². The van der Waals surface area contributed by atoms with Crippen molar-refractivity contribution in [1.29, 1.82) is 0 Å². The number of aromatic nitrogens is 3. The molecule has 6 nitrogen and oxygen atoms in total. The molecule has 2 aromatic heterocycles. The molecule has 0 aromatic carbocycles. The van der Waals surface area contributed by atoms with Gasteiger partial charge in [-0.3, -0.25) is 9.78 Å². The van der Waals surface area contributed by atoms with E-state index in [1.165, 1.54) is 6.20 Å². The van der Waals surface area contributed by atoms with E-state index in [1.807, 2.05) is 6.26 Å². The molecule has 19 heavy (non-hydrogen) atoms. The van der Waals surface area contributed by atoms with Crippen molar-refractivity contribution in [3.8, 4) is 0 Å². The van der Waals surface area contributed by atoms with Crippen molar-refractivity contribution in [3.63, 3.8) is 0 Å². The number of rotatable bonds is 5. The average Bonchev–Trinajstić information content (AvgIpc) is 2.84. The number of amides is 1. The van der Waals surface area contributed by atoms with Crippen molar-refractivity contribution in [2.75, 3.05) is 6.26 Å².